The number of hydrogen-bond donors (Lipinski definition) is 1. The van der Waals surface area contributed by atoms with Crippen LogP contribution in [0.3, 0.4) is 0 Å². The van der Waals surface area contributed by atoms with E-state index in [1.165, 1.54) is 0 Å². The van der Waals surface area contributed by atoms with E-state index in [4.69, 9.17) is 15.2 Å². The van der Waals surface area contributed by atoms with E-state index in [0.29, 0.717) is 6.04 Å². The Labute approximate surface area is 148 Å². The van der Waals surface area contributed by atoms with Crippen molar-refractivity contribution in [2.45, 2.75) is 44.8 Å². The van der Waals surface area contributed by atoms with Gasteiger partial charge in [0.2, 0.25) is 0 Å². The van der Waals surface area contributed by atoms with Crippen LogP contribution in [0.15, 0.2) is 18.3 Å². The second kappa shape index (κ2) is 7.14. The van der Waals surface area contributed by atoms with Crippen molar-refractivity contribution >= 4 is 16.6 Å². The minimum atomic E-state index is 0.226. The molecular weight excluding hydrogens is 316 g/mol. The summed E-state index contributed by atoms with van der Waals surface area (Å²) >= 11 is 0. The van der Waals surface area contributed by atoms with Crippen LogP contribution in [-0.2, 0) is 4.74 Å². The molecule has 6 heteroatoms. The van der Waals surface area contributed by atoms with Gasteiger partial charge in [-0.15, -0.1) is 0 Å². The highest BCUT2D eigenvalue weighted by Crippen LogP contribution is 2.33. The van der Waals surface area contributed by atoms with Gasteiger partial charge in [-0.3, -0.25) is 0 Å². The van der Waals surface area contributed by atoms with Gasteiger partial charge in [0, 0.05) is 37.1 Å². The summed E-state index contributed by atoms with van der Waals surface area (Å²) in [7, 11) is 0. The molecule has 1 saturated heterocycles. The molecule has 0 spiro atoms. The van der Waals surface area contributed by atoms with Gasteiger partial charge in [0.05, 0.1) is 30.2 Å². The van der Waals surface area contributed by atoms with E-state index in [1.54, 1.807) is 0 Å². The third kappa shape index (κ3) is 3.70. The summed E-state index contributed by atoms with van der Waals surface area (Å²) in [6.45, 7) is 5.24. The Morgan fingerprint density at radius 1 is 1.16 bits per heavy atom. The predicted molar refractivity (Wildman–Crippen MR) is 98.2 cm³/mol. The lowest BCUT2D eigenvalue weighted by Crippen LogP contribution is -2.36. The number of rotatable bonds is 3. The molecule has 1 saturated carbocycles. The first-order chi connectivity index (χ1) is 12.2. The third-order valence-electron chi connectivity index (χ3n) is 5.16. The van der Waals surface area contributed by atoms with Gasteiger partial charge in [0.25, 0.3) is 0 Å². The topological polar surface area (TPSA) is 73.5 Å². The standard InChI is InChI=1S/C19H26N4O2/c1-13-21-12-17-18(22-13)10-15(23-6-8-24-9-7-23)11-19(17)25-16-4-2-14(20)3-5-16/h10-12,14,16H,2-9,20H2,1H3. The Morgan fingerprint density at radius 2 is 1.92 bits per heavy atom. The average Bonchev–Trinajstić information content (AvgIpc) is 2.64. The maximum atomic E-state index is 6.39. The molecule has 0 amide bonds. The molecule has 2 heterocycles. The van der Waals surface area contributed by atoms with Crippen LogP contribution in [0.25, 0.3) is 10.9 Å². The molecule has 6 nitrogen and oxygen atoms in total. The van der Waals surface area contributed by atoms with Crippen molar-refractivity contribution in [2.24, 2.45) is 5.73 Å². The van der Waals surface area contributed by atoms with Gasteiger partial charge in [-0.2, -0.15) is 0 Å². The van der Waals surface area contributed by atoms with Crippen LogP contribution < -0.4 is 15.4 Å². The fraction of sp³-hybridized carbons (Fsp3) is 0.579. The number of anilines is 1. The molecule has 134 valence electrons. The maximum Gasteiger partial charge on any atom is 0.132 e. The fourth-order valence-corrected chi connectivity index (χ4v) is 3.67. The van der Waals surface area contributed by atoms with E-state index in [0.717, 1.165) is 80.2 Å². The van der Waals surface area contributed by atoms with Gasteiger partial charge in [0.1, 0.15) is 11.6 Å². The summed E-state index contributed by atoms with van der Waals surface area (Å²) in [5.74, 6) is 1.67. The highest BCUT2D eigenvalue weighted by molar-refractivity contribution is 5.88. The van der Waals surface area contributed by atoms with Crippen molar-refractivity contribution < 1.29 is 9.47 Å². The van der Waals surface area contributed by atoms with Gasteiger partial charge in [-0.25, -0.2) is 9.97 Å². The molecule has 1 aromatic heterocycles. The van der Waals surface area contributed by atoms with Crippen molar-refractivity contribution in [2.75, 3.05) is 31.2 Å². The number of fused-ring (bicyclic) bond motifs is 1. The maximum absolute atomic E-state index is 6.39. The zero-order chi connectivity index (χ0) is 17.2. The van der Waals surface area contributed by atoms with E-state index in [9.17, 15) is 0 Å². The summed E-state index contributed by atoms with van der Waals surface area (Å²) in [6.07, 6.45) is 6.19. The molecule has 0 radical (unpaired) electrons. The number of morpholine rings is 1. The van der Waals surface area contributed by atoms with Gasteiger partial charge in [-0.05, 0) is 38.7 Å². The smallest absolute Gasteiger partial charge is 0.132 e. The Morgan fingerprint density at radius 3 is 2.68 bits per heavy atom. The number of nitrogens with zero attached hydrogens (tertiary/aromatic N) is 3. The Balaban J connectivity index is 1.67. The normalized spacial score (nSPS) is 24.5. The van der Waals surface area contributed by atoms with Gasteiger partial charge >= 0.3 is 0 Å². The minimum Gasteiger partial charge on any atom is -0.490 e. The zero-order valence-electron chi connectivity index (χ0n) is 14.8. The average molecular weight is 342 g/mol. The highest BCUT2D eigenvalue weighted by atomic mass is 16.5. The molecule has 1 aliphatic carbocycles. The summed E-state index contributed by atoms with van der Waals surface area (Å²) in [4.78, 5) is 11.3. The monoisotopic (exact) mass is 342 g/mol. The van der Waals surface area contributed by atoms with Crippen LogP contribution in [0.4, 0.5) is 5.69 Å². The molecule has 1 aliphatic heterocycles. The van der Waals surface area contributed by atoms with E-state index in [2.05, 4.69) is 27.0 Å². The molecule has 0 unspecified atom stereocenters. The van der Waals surface area contributed by atoms with Crippen LogP contribution in [0.5, 0.6) is 5.75 Å². The van der Waals surface area contributed by atoms with E-state index >= 15 is 0 Å². The molecule has 1 aromatic carbocycles. The Hall–Kier alpha value is -1.92. The number of aromatic nitrogens is 2. The van der Waals surface area contributed by atoms with Crippen molar-refractivity contribution in [3.8, 4) is 5.75 Å². The predicted octanol–water partition coefficient (Wildman–Crippen LogP) is 2.42. The number of nitrogens with two attached hydrogens (primary N) is 1. The second-order valence-corrected chi connectivity index (χ2v) is 7.05. The molecule has 0 atom stereocenters. The molecule has 2 aromatic rings. The first-order valence-electron chi connectivity index (χ1n) is 9.21. The van der Waals surface area contributed by atoms with Gasteiger partial charge in [0.15, 0.2) is 0 Å². The number of benzene rings is 1. The SMILES string of the molecule is Cc1ncc2c(OC3CCC(N)CC3)cc(N3CCOCC3)cc2n1. The van der Waals surface area contributed by atoms with E-state index < -0.39 is 0 Å². The molecule has 2 N–H and O–H groups in total. The molecule has 0 bridgehead atoms. The van der Waals surface area contributed by atoms with Crippen molar-refractivity contribution in [3.63, 3.8) is 0 Å². The summed E-state index contributed by atoms with van der Waals surface area (Å²) in [5, 5.41) is 0.984. The molecule has 25 heavy (non-hydrogen) atoms. The van der Waals surface area contributed by atoms with E-state index in [1.807, 2.05) is 13.1 Å². The summed E-state index contributed by atoms with van der Waals surface area (Å²) in [6, 6.07) is 4.60. The third-order valence-corrected chi connectivity index (χ3v) is 5.16. The number of aryl methyl sites for hydroxylation is 1. The van der Waals surface area contributed by atoms with Crippen LogP contribution in [-0.4, -0.2) is 48.4 Å². The highest BCUT2D eigenvalue weighted by Gasteiger charge is 2.22. The molecule has 2 fully saturated rings. The van der Waals surface area contributed by atoms with Crippen LogP contribution >= 0.6 is 0 Å². The fourth-order valence-electron chi connectivity index (χ4n) is 3.67. The van der Waals surface area contributed by atoms with Crippen molar-refractivity contribution in [1.82, 2.24) is 9.97 Å². The van der Waals surface area contributed by atoms with Crippen molar-refractivity contribution in [3.05, 3.63) is 24.2 Å². The second-order valence-electron chi connectivity index (χ2n) is 7.05. The first-order valence-corrected chi connectivity index (χ1v) is 9.21. The summed E-state index contributed by atoms with van der Waals surface area (Å²) in [5.41, 5.74) is 8.12. The lowest BCUT2D eigenvalue weighted by molar-refractivity contribution is 0.122. The Kier molecular flexibility index (Phi) is 4.72. The molecule has 2 aliphatic rings. The first kappa shape index (κ1) is 16.5. The van der Waals surface area contributed by atoms with Crippen LogP contribution in [0.2, 0.25) is 0 Å². The molecule has 4 rings (SSSR count). The minimum absolute atomic E-state index is 0.226. The van der Waals surface area contributed by atoms with Crippen LogP contribution in [0, 0.1) is 6.92 Å². The quantitative estimate of drug-likeness (QED) is 0.923. The largest absolute Gasteiger partial charge is 0.490 e. The number of hydrogen-bond acceptors (Lipinski definition) is 6. The zero-order valence-corrected chi connectivity index (χ0v) is 14.8. The lowest BCUT2D eigenvalue weighted by Gasteiger charge is -2.30. The molecular formula is C19H26N4O2. The lowest BCUT2D eigenvalue weighted by atomic mass is 9.93. The van der Waals surface area contributed by atoms with Gasteiger partial charge < -0.3 is 20.1 Å². The van der Waals surface area contributed by atoms with E-state index in [-0.39, 0.29) is 6.10 Å². The summed E-state index contributed by atoms with van der Waals surface area (Å²) < 4.78 is 11.9. The number of ether oxygens (including phenoxy) is 2. The van der Waals surface area contributed by atoms with Crippen molar-refractivity contribution in [1.29, 1.82) is 0 Å². The van der Waals surface area contributed by atoms with Crippen LogP contribution in [0.1, 0.15) is 31.5 Å². The Bertz CT molecular complexity index is 738. The van der Waals surface area contributed by atoms with Gasteiger partial charge in [-0.1, -0.05) is 0 Å².